The highest BCUT2D eigenvalue weighted by atomic mass is 16.5. The number of benzene rings is 7. The van der Waals surface area contributed by atoms with Gasteiger partial charge in [-0.05, 0) is 184 Å². The molecule has 0 fully saturated rings. The van der Waals surface area contributed by atoms with Gasteiger partial charge in [0, 0.05) is 6.61 Å². The second kappa shape index (κ2) is 32.7. The third kappa shape index (κ3) is 18.0. The summed E-state index contributed by atoms with van der Waals surface area (Å²) in [6.45, 7) is 8.79. The number of aliphatic hydroxyl groups excluding tert-OH is 1. The van der Waals surface area contributed by atoms with Crippen molar-refractivity contribution in [1.29, 1.82) is 0 Å². The zero-order valence-corrected chi connectivity index (χ0v) is 54.8. The maximum atomic E-state index is 12.4. The number of nitrogens with zero attached hydrogens (tertiary/aromatic N) is 9. The molecule has 0 atom stereocenters. The zero-order valence-electron chi connectivity index (χ0n) is 54.8. The number of nitrogens with one attached hydrogen (secondary N) is 3. The molecular formula is C76H83N15O7. The van der Waals surface area contributed by atoms with E-state index >= 15 is 0 Å². The number of ether oxygens (including phenoxy) is 3. The lowest BCUT2D eigenvalue weighted by Gasteiger charge is -2.09. The van der Waals surface area contributed by atoms with Gasteiger partial charge in [0.05, 0.1) is 19.6 Å². The minimum Gasteiger partial charge on any atom is -0.457 e. The lowest BCUT2D eigenvalue weighted by Crippen LogP contribution is -2.17. The largest absolute Gasteiger partial charge is 0.457 e. The molecular weight excluding hydrogens is 1230 g/mol. The summed E-state index contributed by atoms with van der Waals surface area (Å²) in [5, 5.41) is 8.88. The first kappa shape index (κ1) is 69.2. The predicted molar refractivity (Wildman–Crippen MR) is 387 cm³/mol. The van der Waals surface area contributed by atoms with Crippen LogP contribution < -0.4 is 48.5 Å². The van der Waals surface area contributed by atoms with E-state index in [0.29, 0.717) is 76.3 Å². The molecule has 0 unspecified atom stereocenters. The first-order valence-corrected chi connectivity index (χ1v) is 32.5. The topological polar surface area (TPSA) is 317 Å². The number of hydrogen-bond acceptors (Lipinski definition) is 16. The number of aromatic nitrogens is 12. The van der Waals surface area contributed by atoms with Gasteiger partial charge in [-0.25, -0.2) is 44.3 Å². The van der Waals surface area contributed by atoms with E-state index in [1.807, 2.05) is 127 Å². The molecule has 0 bridgehead atoms. The van der Waals surface area contributed by atoms with Crippen LogP contribution in [0.3, 0.4) is 0 Å². The molecule has 22 heteroatoms. The van der Waals surface area contributed by atoms with Gasteiger partial charge in [0.25, 0.3) is 0 Å². The molecule has 0 saturated heterocycles. The van der Waals surface area contributed by atoms with Gasteiger partial charge in [0.1, 0.15) is 68.5 Å². The van der Waals surface area contributed by atoms with Crippen LogP contribution in [-0.4, -0.2) is 70.3 Å². The van der Waals surface area contributed by atoms with Crippen molar-refractivity contribution in [2.24, 2.45) is 0 Å². The number of anilines is 3. The number of unbranched alkanes of at least 4 members (excludes halogenated alkanes) is 3. The molecule has 0 amide bonds. The first-order chi connectivity index (χ1) is 47.1. The van der Waals surface area contributed by atoms with Gasteiger partial charge in [-0.15, -0.1) is 0 Å². The highest BCUT2D eigenvalue weighted by Gasteiger charge is 2.17. The van der Waals surface area contributed by atoms with Crippen molar-refractivity contribution in [3.8, 4) is 34.5 Å². The molecule has 0 aliphatic heterocycles. The number of nitrogen functional groups attached to an aromatic ring is 3. The number of hydrogen-bond donors (Lipinski definition) is 7. The molecule has 0 spiro atoms. The van der Waals surface area contributed by atoms with Crippen LogP contribution in [-0.2, 0) is 45.3 Å². The third-order valence-corrected chi connectivity index (χ3v) is 16.3. The van der Waals surface area contributed by atoms with Gasteiger partial charge in [-0.1, -0.05) is 130 Å². The Hall–Kier alpha value is -11.7. The molecule has 7 aromatic carbocycles. The summed E-state index contributed by atoms with van der Waals surface area (Å²) in [4.78, 5) is 70.8. The quantitative estimate of drug-likeness (QED) is 0.0277. The van der Waals surface area contributed by atoms with E-state index in [1.165, 1.54) is 41.5 Å². The molecule has 0 saturated carbocycles. The number of imidazole rings is 3. The number of rotatable bonds is 24. The molecule has 0 radical (unpaired) electrons. The molecule has 13 aromatic rings. The standard InChI is InChI=1S/C28H27N5O2.C24H27N5O2.C23H25N5O3.CH4/c1-19-30-26(29)25-27(31-19)33(28(34)32-25)18-22-12-16-24(17-13-22)35-23-14-10-21(11-15-23)9-5-8-20-6-3-2-4-7-20;1-3-4-5-6-17-7-11-19(12-8-17)31-20-13-9-18(10-14-20)15-29-23-21(28-24(29)30)22(25)26-16(2)27-23;1-15-25-21(24)20-22(26-15)28(23(30)27-20)14-17-7-11-19(12-8-17)31-18-9-5-16(6-10-18)4-2-3-13-29;/h2-4,6-7,10-17H,5,8-9,18H2,1H3,(H,32,34)(H2,29,30,31);7-14H,3-6,15H2,1-2H3,(H,28,30)(H2,25,26,27);5-12,29H,2-4,13-14H2,1H3,(H,27,30)(H2,24,25,26);1H4. The molecule has 0 aliphatic carbocycles. The van der Waals surface area contributed by atoms with Crippen molar-refractivity contribution in [1.82, 2.24) is 58.6 Å². The third-order valence-electron chi connectivity index (χ3n) is 16.3. The fraction of sp³-hybridized carbons (Fsp3) is 0.250. The molecule has 6 aromatic heterocycles. The molecule has 504 valence electrons. The van der Waals surface area contributed by atoms with Crippen LogP contribution in [0.15, 0.2) is 190 Å². The van der Waals surface area contributed by atoms with E-state index in [0.717, 1.165) is 90.4 Å². The van der Waals surface area contributed by atoms with Crippen molar-refractivity contribution in [3.05, 3.63) is 264 Å². The van der Waals surface area contributed by atoms with Crippen LogP contribution in [0.25, 0.3) is 33.5 Å². The molecule has 0 aliphatic rings. The van der Waals surface area contributed by atoms with Crippen LogP contribution >= 0.6 is 0 Å². The van der Waals surface area contributed by atoms with E-state index in [4.69, 9.17) is 36.5 Å². The Morgan fingerprint density at radius 1 is 0.357 bits per heavy atom. The number of aliphatic hydroxyl groups is 1. The zero-order chi connectivity index (χ0) is 67.8. The van der Waals surface area contributed by atoms with Crippen LogP contribution in [0.5, 0.6) is 34.5 Å². The van der Waals surface area contributed by atoms with Crippen molar-refractivity contribution in [2.75, 3.05) is 23.8 Å². The summed E-state index contributed by atoms with van der Waals surface area (Å²) in [5.41, 5.74) is 27.9. The van der Waals surface area contributed by atoms with Crippen molar-refractivity contribution < 1.29 is 19.3 Å². The maximum Gasteiger partial charge on any atom is 0.328 e. The average Bonchev–Trinajstić information content (AvgIpc) is 1.65. The summed E-state index contributed by atoms with van der Waals surface area (Å²) >= 11 is 0. The van der Waals surface area contributed by atoms with Crippen molar-refractivity contribution in [3.63, 3.8) is 0 Å². The molecule has 22 nitrogen and oxygen atoms in total. The van der Waals surface area contributed by atoms with Gasteiger partial charge in [0.15, 0.2) is 34.4 Å². The van der Waals surface area contributed by atoms with Crippen molar-refractivity contribution >= 4 is 50.9 Å². The second-order valence-corrected chi connectivity index (χ2v) is 23.8. The second-order valence-electron chi connectivity index (χ2n) is 23.8. The number of H-pyrrole nitrogens is 3. The SMILES string of the molecule is C.CCCCCc1ccc(Oc2ccc(Cn3c(=O)[nH]c4c(N)nc(C)nc43)cc2)cc1.Cc1nc(N)c2[nH]c(=O)n(Cc3ccc(Oc4ccc(CCCCO)cc4)cc3)c2n1.Cc1nc(N)c2[nH]c(=O)n(Cc3ccc(Oc4ccc(CCCc5ccccc5)cc4)cc3)c2n1. The van der Waals surface area contributed by atoms with Crippen molar-refractivity contribution in [2.45, 2.75) is 119 Å². The fourth-order valence-corrected chi connectivity index (χ4v) is 11.2. The van der Waals surface area contributed by atoms with Crippen LogP contribution in [0.4, 0.5) is 17.5 Å². The first-order valence-electron chi connectivity index (χ1n) is 32.5. The van der Waals surface area contributed by atoms with Crippen LogP contribution in [0, 0.1) is 20.8 Å². The minimum atomic E-state index is -0.277. The van der Waals surface area contributed by atoms with Crippen LogP contribution in [0.1, 0.15) is 109 Å². The van der Waals surface area contributed by atoms with E-state index < -0.39 is 0 Å². The van der Waals surface area contributed by atoms with Gasteiger partial charge in [0.2, 0.25) is 0 Å². The van der Waals surface area contributed by atoms with E-state index in [9.17, 15) is 14.4 Å². The smallest absolute Gasteiger partial charge is 0.328 e. The number of aryl methyl sites for hydroxylation is 7. The Labute approximate surface area is 567 Å². The summed E-state index contributed by atoms with van der Waals surface area (Å²) in [7, 11) is 0. The Balaban J connectivity index is 0.000000159. The summed E-state index contributed by atoms with van der Waals surface area (Å²) in [5.74, 6) is 6.93. The van der Waals surface area contributed by atoms with E-state index in [1.54, 1.807) is 34.5 Å². The Morgan fingerprint density at radius 3 is 0.908 bits per heavy atom. The van der Waals surface area contributed by atoms with Gasteiger partial charge < -0.3 is 51.5 Å². The Bertz CT molecular complexity index is 4730. The number of fused-ring (bicyclic) bond motifs is 3. The highest BCUT2D eigenvalue weighted by molar-refractivity contribution is 5.83. The lowest BCUT2D eigenvalue weighted by atomic mass is 10.0. The fourth-order valence-electron chi connectivity index (χ4n) is 11.2. The van der Waals surface area contributed by atoms with Gasteiger partial charge in [-0.3, -0.25) is 13.7 Å². The lowest BCUT2D eigenvalue weighted by molar-refractivity contribution is 0.284. The number of aromatic amines is 3. The molecule has 6 heterocycles. The van der Waals surface area contributed by atoms with Gasteiger partial charge >= 0.3 is 17.1 Å². The predicted octanol–water partition coefficient (Wildman–Crippen LogP) is 13.4. The Kier molecular flexibility index (Phi) is 23.1. The van der Waals surface area contributed by atoms with Gasteiger partial charge in [-0.2, -0.15) is 0 Å². The highest BCUT2D eigenvalue weighted by Crippen LogP contribution is 2.28. The summed E-state index contributed by atoms with van der Waals surface area (Å²) in [6, 6.07) is 58.0. The average molecular weight is 1320 g/mol. The normalized spacial score (nSPS) is 11.0. The van der Waals surface area contributed by atoms with E-state index in [2.05, 4.69) is 100 Å². The monoisotopic (exact) mass is 1320 g/mol. The summed E-state index contributed by atoms with van der Waals surface area (Å²) < 4.78 is 22.6. The minimum absolute atomic E-state index is 0. The van der Waals surface area contributed by atoms with E-state index in [-0.39, 0.29) is 48.6 Å². The molecule has 13 rings (SSSR count). The molecule has 10 N–H and O–H groups in total. The maximum absolute atomic E-state index is 12.4. The Morgan fingerprint density at radius 2 is 0.622 bits per heavy atom. The van der Waals surface area contributed by atoms with Crippen LogP contribution in [0.2, 0.25) is 0 Å². The summed E-state index contributed by atoms with van der Waals surface area (Å²) in [6.07, 6.45) is 10.8. The molecule has 98 heavy (non-hydrogen) atoms. The number of nitrogens with two attached hydrogens (primary N) is 3.